The van der Waals surface area contributed by atoms with Gasteiger partial charge in [-0.1, -0.05) is 26.0 Å². The number of amides is 1. The summed E-state index contributed by atoms with van der Waals surface area (Å²) in [6, 6.07) is 8.05. The third kappa shape index (κ3) is 7.09. The van der Waals surface area contributed by atoms with E-state index in [0.29, 0.717) is 5.56 Å². The number of pyridine rings is 1. The van der Waals surface area contributed by atoms with Gasteiger partial charge < -0.3 is 14.6 Å². The van der Waals surface area contributed by atoms with Gasteiger partial charge in [0.25, 0.3) is 5.56 Å². The number of carbonyl (C=O) groups is 1. The first kappa shape index (κ1) is 25.4. The number of sulfonamides is 1. The zero-order valence-corrected chi connectivity index (χ0v) is 18.4. The molecule has 1 N–H and O–H groups in total. The maximum atomic E-state index is 12.6. The first-order valence-corrected chi connectivity index (χ1v) is 11.2. The van der Waals surface area contributed by atoms with Crippen LogP contribution in [-0.4, -0.2) is 49.1 Å². The van der Waals surface area contributed by atoms with Crippen molar-refractivity contribution in [3.8, 4) is 5.75 Å². The molecule has 0 atom stereocenters. The van der Waals surface area contributed by atoms with Gasteiger partial charge in [-0.2, -0.15) is 17.5 Å². The number of benzene rings is 1. The molecule has 0 unspecified atom stereocenters. The molecule has 2 aromatic rings. The van der Waals surface area contributed by atoms with Gasteiger partial charge in [0.05, 0.1) is 4.90 Å². The molecular weight excluding hydrogens is 451 g/mol. The number of hydrogen-bond acceptors (Lipinski definition) is 5. The number of ether oxygens (including phenoxy) is 1. The van der Waals surface area contributed by atoms with Crippen LogP contribution >= 0.6 is 0 Å². The highest BCUT2D eigenvalue weighted by molar-refractivity contribution is 7.89. The molecule has 32 heavy (non-hydrogen) atoms. The van der Waals surface area contributed by atoms with Gasteiger partial charge in [-0.3, -0.25) is 9.59 Å². The van der Waals surface area contributed by atoms with Crippen LogP contribution in [0.2, 0.25) is 0 Å². The molecule has 0 bridgehead atoms. The van der Waals surface area contributed by atoms with Gasteiger partial charge in [0.2, 0.25) is 15.9 Å². The van der Waals surface area contributed by atoms with Gasteiger partial charge in [0.1, 0.15) is 12.3 Å². The minimum Gasteiger partial charge on any atom is -0.484 e. The fourth-order valence-corrected chi connectivity index (χ4v) is 4.30. The van der Waals surface area contributed by atoms with E-state index in [2.05, 4.69) is 10.1 Å². The Morgan fingerprint density at radius 3 is 2.47 bits per heavy atom. The highest BCUT2D eigenvalue weighted by atomic mass is 32.2. The van der Waals surface area contributed by atoms with Crippen molar-refractivity contribution in [1.82, 2.24) is 14.2 Å². The van der Waals surface area contributed by atoms with Crippen LogP contribution in [-0.2, 0) is 27.9 Å². The van der Waals surface area contributed by atoms with Crippen LogP contribution in [0.1, 0.15) is 19.4 Å². The number of rotatable bonds is 10. The van der Waals surface area contributed by atoms with E-state index in [1.807, 2.05) is 0 Å². The molecule has 0 aliphatic rings. The van der Waals surface area contributed by atoms with E-state index in [9.17, 15) is 31.2 Å². The number of nitrogens with one attached hydrogen (secondary N) is 1. The summed E-state index contributed by atoms with van der Waals surface area (Å²) >= 11 is 0. The predicted octanol–water partition coefficient (Wildman–Crippen LogP) is 2.14. The summed E-state index contributed by atoms with van der Waals surface area (Å²) in [5, 5.41) is 2.54. The number of carbonyl (C=O) groups excluding carboxylic acids is 1. The summed E-state index contributed by atoms with van der Waals surface area (Å²) in [6.07, 6.45) is -3.36. The highest BCUT2D eigenvalue weighted by Crippen LogP contribution is 2.19. The van der Waals surface area contributed by atoms with Crippen molar-refractivity contribution >= 4 is 15.9 Å². The highest BCUT2D eigenvalue weighted by Gasteiger charge is 2.28. The maximum Gasteiger partial charge on any atom is 0.422 e. The summed E-state index contributed by atoms with van der Waals surface area (Å²) in [6.45, 7) is 2.01. The van der Waals surface area contributed by atoms with E-state index in [1.54, 1.807) is 19.9 Å². The van der Waals surface area contributed by atoms with Crippen LogP contribution in [0.3, 0.4) is 0 Å². The van der Waals surface area contributed by atoms with E-state index in [1.165, 1.54) is 28.6 Å². The molecule has 0 saturated heterocycles. The Morgan fingerprint density at radius 2 is 1.84 bits per heavy atom. The minimum atomic E-state index is -4.47. The third-order valence-electron chi connectivity index (χ3n) is 4.40. The minimum absolute atomic E-state index is 0.000367. The molecule has 0 spiro atoms. The average molecular weight is 475 g/mol. The first-order valence-electron chi connectivity index (χ1n) is 9.72. The van der Waals surface area contributed by atoms with Gasteiger partial charge >= 0.3 is 6.18 Å². The maximum absolute atomic E-state index is 12.6. The molecule has 0 saturated carbocycles. The van der Waals surface area contributed by atoms with Gasteiger partial charge in [0, 0.05) is 31.9 Å². The lowest BCUT2D eigenvalue weighted by Crippen LogP contribution is -2.34. The molecule has 1 aromatic carbocycles. The fourth-order valence-electron chi connectivity index (χ4n) is 2.82. The number of alkyl halides is 3. The molecule has 1 aromatic heterocycles. The molecule has 1 amide bonds. The molecule has 0 fully saturated rings. The second kappa shape index (κ2) is 10.6. The summed E-state index contributed by atoms with van der Waals surface area (Å²) in [7, 11) is -3.80. The van der Waals surface area contributed by atoms with Crippen LogP contribution < -0.4 is 15.6 Å². The second-order valence-electron chi connectivity index (χ2n) is 6.75. The summed E-state index contributed by atoms with van der Waals surface area (Å²) < 4.78 is 69.0. The number of nitrogens with zero attached hydrogens (tertiary/aromatic N) is 2. The molecule has 0 radical (unpaired) electrons. The topological polar surface area (TPSA) is 97.7 Å². The van der Waals surface area contributed by atoms with Crippen LogP contribution in [0, 0.1) is 0 Å². The van der Waals surface area contributed by atoms with E-state index in [0.717, 1.165) is 16.8 Å². The molecule has 0 aliphatic carbocycles. The zero-order valence-electron chi connectivity index (χ0n) is 17.6. The SMILES string of the molecule is CCN(CC)S(=O)(=O)c1ccc(=O)n(CC(=O)NCc2cccc(OCC(F)(F)F)c2)c1. The second-order valence-corrected chi connectivity index (χ2v) is 8.69. The van der Waals surface area contributed by atoms with E-state index >= 15 is 0 Å². The van der Waals surface area contributed by atoms with Crippen molar-refractivity contribution in [2.75, 3.05) is 19.7 Å². The number of aromatic nitrogens is 1. The van der Waals surface area contributed by atoms with Crippen molar-refractivity contribution in [1.29, 1.82) is 0 Å². The van der Waals surface area contributed by atoms with Crippen molar-refractivity contribution < 1.29 is 31.1 Å². The lowest BCUT2D eigenvalue weighted by atomic mass is 10.2. The fraction of sp³-hybridized carbons (Fsp3) is 0.400. The lowest BCUT2D eigenvalue weighted by Gasteiger charge is -2.19. The molecule has 2 rings (SSSR count). The number of hydrogen-bond donors (Lipinski definition) is 1. The number of halogens is 3. The molecule has 8 nitrogen and oxygen atoms in total. The Balaban J connectivity index is 2.06. The Bertz CT molecular complexity index is 1100. The van der Waals surface area contributed by atoms with Crippen molar-refractivity contribution in [3.63, 3.8) is 0 Å². The first-order chi connectivity index (χ1) is 15.0. The van der Waals surface area contributed by atoms with E-state index in [4.69, 9.17) is 0 Å². The Labute approximate surface area is 183 Å². The summed E-state index contributed by atoms with van der Waals surface area (Å²) in [4.78, 5) is 24.2. The van der Waals surface area contributed by atoms with Crippen molar-refractivity contribution in [2.45, 2.75) is 38.0 Å². The summed E-state index contributed by atoms with van der Waals surface area (Å²) in [5.41, 5.74) is -0.0653. The van der Waals surface area contributed by atoms with Gasteiger partial charge in [-0.05, 0) is 23.8 Å². The Morgan fingerprint density at radius 1 is 1.16 bits per heavy atom. The molecule has 0 aliphatic heterocycles. The normalized spacial score (nSPS) is 12.1. The van der Waals surface area contributed by atoms with Crippen molar-refractivity contribution in [3.05, 3.63) is 58.5 Å². The average Bonchev–Trinajstić information content (AvgIpc) is 2.73. The molecular formula is C20H24F3N3O5S. The smallest absolute Gasteiger partial charge is 0.422 e. The Hall–Kier alpha value is -2.86. The van der Waals surface area contributed by atoms with Crippen molar-refractivity contribution in [2.24, 2.45) is 0 Å². The van der Waals surface area contributed by atoms with Gasteiger partial charge in [-0.25, -0.2) is 8.42 Å². The largest absolute Gasteiger partial charge is 0.484 e. The van der Waals surface area contributed by atoms with Crippen LogP contribution in [0.25, 0.3) is 0 Å². The van der Waals surface area contributed by atoms with E-state index in [-0.39, 0.29) is 30.3 Å². The van der Waals surface area contributed by atoms with Crippen LogP contribution in [0.5, 0.6) is 5.75 Å². The predicted molar refractivity (Wildman–Crippen MR) is 111 cm³/mol. The van der Waals surface area contributed by atoms with Gasteiger partial charge in [0.15, 0.2) is 6.61 Å². The third-order valence-corrected chi connectivity index (χ3v) is 6.44. The van der Waals surface area contributed by atoms with E-state index < -0.39 is 40.8 Å². The summed E-state index contributed by atoms with van der Waals surface area (Å²) in [5.74, 6) is -0.578. The molecule has 12 heteroatoms. The Kier molecular flexibility index (Phi) is 8.44. The van der Waals surface area contributed by atoms with Gasteiger partial charge in [-0.15, -0.1) is 0 Å². The van der Waals surface area contributed by atoms with Crippen LogP contribution in [0.4, 0.5) is 13.2 Å². The zero-order chi connectivity index (χ0) is 23.9. The monoisotopic (exact) mass is 475 g/mol. The van der Waals surface area contributed by atoms with Crippen LogP contribution in [0.15, 0.2) is 52.3 Å². The standard InChI is InChI=1S/C20H24F3N3O5S/c1-3-26(4-2)32(29,30)17-8-9-19(28)25(12-17)13-18(27)24-11-15-6-5-7-16(10-15)31-14-20(21,22)23/h5-10,12H,3-4,11,13-14H2,1-2H3,(H,24,27). The molecule has 1 heterocycles. The quantitative estimate of drug-likeness (QED) is 0.568. The molecule has 176 valence electrons. The lowest BCUT2D eigenvalue weighted by molar-refractivity contribution is -0.153.